The molecule has 0 bridgehead atoms. The van der Waals surface area contributed by atoms with Crippen LogP contribution in [0.25, 0.3) is 5.69 Å². The lowest BCUT2D eigenvalue weighted by Crippen LogP contribution is -2.37. The van der Waals surface area contributed by atoms with E-state index in [9.17, 15) is 4.39 Å². The number of thiazole rings is 1. The summed E-state index contributed by atoms with van der Waals surface area (Å²) in [6.07, 6.45) is 0.830. The molecule has 0 N–H and O–H groups in total. The quantitative estimate of drug-likeness (QED) is 0.371. The molecular formula is C23H22FN5OS2. The van der Waals surface area contributed by atoms with Crippen LogP contribution in [0.3, 0.4) is 0 Å². The fourth-order valence-corrected chi connectivity index (χ4v) is 5.34. The van der Waals surface area contributed by atoms with Crippen LogP contribution in [0, 0.1) is 5.82 Å². The molecule has 4 aromatic rings. The van der Waals surface area contributed by atoms with Crippen LogP contribution in [-0.4, -0.2) is 46.1 Å². The van der Waals surface area contributed by atoms with Crippen molar-refractivity contribution in [3.63, 3.8) is 0 Å². The highest BCUT2D eigenvalue weighted by molar-refractivity contribution is 7.98. The van der Waals surface area contributed by atoms with E-state index in [0.29, 0.717) is 30.6 Å². The van der Waals surface area contributed by atoms with Crippen molar-refractivity contribution in [3.8, 4) is 5.69 Å². The number of halogens is 1. The van der Waals surface area contributed by atoms with E-state index in [2.05, 4.69) is 32.6 Å². The predicted octanol–water partition coefficient (Wildman–Crippen LogP) is 4.58. The molecule has 9 heteroatoms. The summed E-state index contributed by atoms with van der Waals surface area (Å²) in [6.45, 7) is 2.74. The zero-order valence-electron chi connectivity index (χ0n) is 17.4. The van der Waals surface area contributed by atoms with Crippen LogP contribution in [-0.2, 0) is 16.9 Å². The van der Waals surface area contributed by atoms with E-state index >= 15 is 0 Å². The fourth-order valence-electron chi connectivity index (χ4n) is 3.57. The van der Waals surface area contributed by atoms with Gasteiger partial charge in [-0.2, -0.15) is 0 Å². The first-order valence-electron chi connectivity index (χ1n) is 10.4. The first kappa shape index (κ1) is 21.1. The second-order valence-electron chi connectivity index (χ2n) is 7.38. The number of aromatic nitrogens is 4. The number of hydrogen-bond donors (Lipinski definition) is 0. The Morgan fingerprint density at radius 1 is 1.03 bits per heavy atom. The molecule has 0 amide bonds. The van der Waals surface area contributed by atoms with Crippen molar-refractivity contribution in [3.05, 3.63) is 82.1 Å². The molecule has 0 radical (unpaired) electrons. The normalized spacial score (nSPS) is 14.1. The van der Waals surface area contributed by atoms with E-state index < -0.39 is 0 Å². The average molecular weight is 468 g/mol. The Bertz CT molecular complexity index is 1170. The van der Waals surface area contributed by atoms with Crippen LogP contribution in [0.15, 0.2) is 65.1 Å². The Morgan fingerprint density at radius 2 is 1.88 bits per heavy atom. The van der Waals surface area contributed by atoms with E-state index in [4.69, 9.17) is 9.72 Å². The summed E-state index contributed by atoms with van der Waals surface area (Å²) in [4.78, 5) is 6.92. The second-order valence-corrected chi connectivity index (χ2v) is 9.27. The van der Waals surface area contributed by atoms with Gasteiger partial charge in [0.1, 0.15) is 5.82 Å². The van der Waals surface area contributed by atoms with E-state index in [1.165, 1.54) is 17.7 Å². The summed E-state index contributed by atoms with van der Waals surface area (Å²) in [7, 11) is 0. The van der Waals surface area contributed by atoms with E-state index in [1.807, 2.05) is 28.8 Å². The standard InChI is InChI=1S/C23H22FN5OS2/c24-18-7-4-8-20(14-18)29-22(28-9-11-30-12-10-28)26-27-23(29)32-16-19-15-31-21(25-19)13-17-5-2-1-3-6-17/h1-8,14-15H,9-13,16H2. The third kappa shape index (κ3) is 4.85. The van der Waals surface area contributed by atoms with Crippen molar-refractivity contribution >= 4 is 29.0 Å². The van der Waals surface area contributed by atoms with Crippen LogP contribution in [0.1, 0.15) is 16.3 Å². The van der Waals surface area contributed by atoms with Gasteiger partial charge in [-0.25, -0.2) is 9.37 Å². The van der Waals surface area contributed by atoms with Crippen molar-refractivity contribution in [1.29, 1.82) is 0 Å². The van der Waals surface area contributed by atoms with Gasteiger partial charge in [0.15, 0.2) is 5.16 Å². The number of benzene rings is 2. The Hall–Kier alpha value is -2.75. The van der Waals surface area contributed by atoms with Crippen LogP contribution in [0.4, 0.5) is 10.3 Å². The van der Waals surface area contributed by atoms with Crippen molar-refractivity contribution in [2.75, 3.05) is 31.2 Å². The molecule has 0 unspecified atom stereocenters. The zero-order chi connectivity index (χ0) is 21.8. The minimum absolute atomic E-state index is 0.287. The Kier molecular flexibility index (Phi) is 6.47. The monoisotopic (exact) mass is 467 g/mol. The molecule has 2 aromatic heterocycles. The highest BCUT2D eigenvalue weighted by Gasteiger charge is 2.22. The van der Waals surface area contributed by atoms with Gasteiger partial charge in [-0.15, -0.1) is 21.5 Å². The molecule has 1 aliphatic rings. The van der Waals surface area contributed by atoms with Crippen LogP contribution < -0.4 is 4.90 Å². The number of thioether (sulfide) groups is 1. The minimum atomic E-state index is -0.287. The fraction of sp³-hybridized carbons (Fsp3) is 0.261. The van der Waals surface area contributed by atoms with Crippen molar-refractivity contribution < 1.29 is 9.13 Å². The number of nitrogens with zero attached hydrogens (tertiary/aromatic N) is 5. The highest BCUT2D eigenvalue weighted by atomic mass is 32.2. The number of ether oxygens (including phenoxy) is 1. The number of anilines is 1. The number of rotatable bonds is 7. The third-order valence-corrected chi connectivity index (χ3v) is 6.98. The zero-order valence-corrected chi connectivity index (χ0v) is 19.0. The van der Waals surface area contributed by atoms with Gasteiger partial charge in [0.25, 0.3) is 0 Å². The Balaban J connectivity index is 1.36. The van der Waals surface area contributed by atoms with Crippen LogP contribution in [0.2, 0.25) is 0 Å². The molecule has 0 aliphatic carbocycles. The molecule has 0 saturated carbocycles. The molecule has 1 aliphatic heterocycles. The lowest BCUT2D eigenvalue weighted by atomic mass is 10.2. The molecule has 0 spiro atoms. The molecule has 2 aromatic carbocycles. The molecule has 0 atom stereocenters. The maximum absolute atomic E-state index is 14.0. The molecule has 3 heterocycles. The predicted molar refractivity (Wildman–Crippen MR) is 125 cm³/mol. The Morgan fingerprint density at radius 3 is 2.69 bits per heavy atom. The first-order valence-corrected chi connectivity index (χ1v) is 12.3. The van der Waals surface area contributed by atoms with Gasteiger partial charge < -0.3 is 9.64 Å². The summed E-state index contributed by atoms with van der Waals surface area (Å²) in [5, 5.41) is 12.8. The summed E-state index contributed by atoms with van der Waals surface area (Å²) in [5.74, 6) is 1.09. The van der Waals surface area contributed by atoms with E-state index in [1.54, 1.807) is 29.2 Å². The van der Waals surface area contributed by atoms with Gasteiger partial charge in [0.05, 0.1) is 29.6 Å². The SMILES string of the molecule is Fc1cccc(-n2c(SCc3csc(Cc4ccccc4)n3)nnc2N2CCOCC2)c1. The van der Waals surface area contributed by atoms with Gasteiger partial charge in [0, 0.05) is 30.6 Å². The van der Waals surface area contributed by atoms with Crippen molar-refractivity contribution in [2.24, 2.45) is 0 Å². The molecule has 6 nitrogen and oxygen atoms in total. The molecule has 1 saturated heterocycles. The Labute approximate surface area is 194 Å². The molecular weight excluding hydrogens is 445 g/mol. The van der Waals surface area contributed by atoms with E-state index in [-0.39, 0.29) is 5.82 Å². The third-order valence-electron chi connectivity index (χ3n) is 5.12. The van der Waals surface area contributed by atoms with Gasteiger partial charge in [-0.1, -0.05) is 48.2 Å². The maximum Gasteiger partial charge on any atom is 0.232 e. The van der Waals surface area contributed by atoms with Gasteiger partial charge in [-0.3, -0.25) is 4.57 Å². The smallest absolute Gasteiger partial charge is 0.232 e. The number of hydrogen-bond acceptors (Lipinski definition) is 7. The van der Waals surface area contributed by atoms with Crippen molar-refractivity contribution in [2.45, 2.75) is 17.3 Å². The lowest BCUT2D eigenvalue weighted by molar-refractivity contribution is 0.122. The van der Waals surface area contributed by atoms with E-state index in [0.717, 1.165) is 35.4 Å². The number of morpholine rings is 1. The van der Waals surface area contributed by atoms with Gasteiger partial charge in [0.2, 0.25) is 5.95 Å². The second kappa shape index (κ2) is 9.81. The summed E-state index contributed by atoms with van der Waals surface area (Å²) < 4.78 is 21.4. The van der Waals surface area contributed by atoms with Crippen molar-refractivity contribution in [1.82, 2.24) is 19.7 Å². The summed E-state index contributed by atoms with van der Waals surface area (Å²) in [6, 6.07) is 16.9. The van der Waals surface area contributed by atoms with Gasteiger partial charge in [-0.05, 0) is 23.8 Å². The minimum Gasteiger partial charge on any atom is -0.378 e. The first-order chi connectivity index (χ1) is 15.8. The molecule has 1 fully saturated rings. The van der Waals surface area contributed by atoms with Crippen LogP contribution >= 0.6 is 23.1 Å². The van der Waals surface area contributed by atoms with Gasteiger partial charge >= 0.3 is 0 Å². The lowest BCUT2D eigenvalue weighted by Gasteiger charge is -2.27. The molecule has 32 heavy (non-hydrogen) atoms. The van der Waals surface area contributed by atoms with Crippen LogP contribution in [0.5, 0.6) is 0 Å². The molecule has 164 valence electrons. The summed E-state index contributed by atoms with van der Waals surface area (Å²) in [5.41, 5.74) is 2.97. The highest BCUT2D eigenvalue weighted by Crippen LogP contribution is 2.30. The summed E-state index contributed by atoms with van der Waals surface area (Å²) >= 11 is 3.23. The topological polar surface area (TPSA) is 56.1 Å². The average Bonchev–Trinajstić information content (AvgIpc) is 3.46. The largest absolute Gasteiger partial charge is 0.378 e. The maximum atomic E-state index is 14.0. The molecule has 5 rings (SSSR count).